The van der Waals surface area contributed by atoms with Gasteiger partial charge in [-0.05, 0) is 62.1 Å². The number of hydrogen-bond donors (Lipinski definition) is 0. The molecule has 2 aliphatic rings. The molecule has 1 aromatic carbocycles. The number of carbonyl (C=O) groups is 2. The molecule has 4 nitrogen and oxygen atoms in total. The van der Waals surface area contributed by atoms with Gasteiger partial charge in [-0.2, -0.15) is 0 Å². The van der Waals surface area contributed by atoms with E-state index in [4.69, 9.17) is 0 Å². The number of nitrogens with zero attached hydrogens (tertiary/aromatic N) is 2. The lowest BCUT2D eigenvalue weighted by atomic mass is 9.91. The zero-order valence-corrected chi connectivity index (χ0v) is 15.5. The first-order valence-corrected chi connectivity index (χ1v) is 9.92. The van der Waals surface area contributed by atoms with Crippen LogP contribution < -0.4 is 0 Å². The van der Waals surface area contributed by atoms with Gasteiger partial charge in [0.05, 0.1) is 0 Å². The molecule has 3 rings (SSSR count). The summed E-state index contributed by atoms with van der Waals surface area (Å²) in [7, 11) is 0. The second-order valence-corrected chi connectivity index (χ2v) is 7.60. The monoisotopic (exact) mass is 360 g/mol. The van der Waals surface area contributed by atoms with E-state index in [0.717, 1.165) is 63.7 Å². The molecule has 142 valence electrons. The number of amides is 2. The van der Waals surface area contributed by atoms with Crippen molar-refractivity contribution in [1.82, 2.24) is 9.80 Å². The second kappa shape index (κ2) is 9.15. The molecular formula is C21H29FN2O2. The molecule has 0 aliphatic carbocycles. The predicted octanol–water partition coefficient (Wildman–Crippen LogP) is 3.40. The van der Waals surface area contributed by atoms with Gasteiger partial charge in [-0.25, -0.2) is 4.39 Å². The summed E-state index contributed by atoms with van der Waals surface area (Å²) in [6, 6.07) is 6.80. The maximum absolute atomic E-state index is 13.3. The highest BCUT2D eigenvalue weighted by molar-refractivity contribution is 5.78. The molecule has 2 aliphatic heterocycles. The number of piperidine rings is 1. The highest BCUT2D eigenvalue weighted by atomic mass is 19.1. The van der Waals surface area contributed by atoms with Gasteiger partial charge in [0.15, 0.2) is 0 Å². The minimum Gasteiger partial charge on any atom is -0.343 e. The molecule has 0 radical (unpaired) electrons. The Bertz CT molecular complexity index is 634. The third-order valence-corrected chi connectivity index (χ3v) is 5.59. The van der Waals surface area contributed by atoms with Crippen molar-refractivity contribution in [2.45, 2.75) is 51.4 Å². The molecule has 0 unspecified atom stereocenters. The van der Waals surface area contributed by atoms with Crippen LogP contribution in [0.25, 0.3) is 0 Å². The van der Waals surface area contributed by atoms with Crippen molar-refractivity contribution in [3.8, 4) is 0 Å². The van der Waals surface area contributed by atoms with Gasteiger partial charge in [-0.1, -0.05) is 12.1 Å². The molecule has 1 aromatic rings. The Morgan fingerprint density at radius 2 is 2.12 bits per heavy atom. The summed E-state index contributed by atoms with van der Waals surface area (Å²) in [4.78, 5) is 28.0. The Labute approximate surface area is 155 Å². The van der Waals surface area contributed by atoms with Crippen LogP contribution in [0.15, 0.2) is 24.3 Å². The van der Waals surface area contributed by atoms with Crippen LogP contribution in [0.1, 0.15) is 50.5 Å². The lowest BCUT2D eigenvalue weighted by molar-refractivity contribution is -0.134. The molecule has 0 spiro atoms. The summed E-state index contributed by atoms with van der Waals surface area (Å²) in [5, 5.41) is 0. The van der Waals surface area contributed by atoms with Crippen LogP contribution in [0.5, 0.6) is 0 Å². The standard InChI is InChI=1S/C21H29FN2O2/c22-19-7-1-5-17(15-19)10-11-18-6-2-14-24(16-18)21(26)9-4-13-23-12-3-8-20(23)25/h1,5,7,15,18H,2-4,6,8-14,16H2/t18-/m1/s1. The van der Waals surface area contributed by atoms with E-state index in [1.165, 1.54) is 6.07 Å². The van der Waals surface area contributed by atoms with E-state index in [1.54, 1.807) is 12.1 Å². The lowest BCUT2D eigenvalue weighted by Gasteiger charge is -2.33. The van der Waals surface area contributed by atoms with Gasteiger partial charge in [-0.15, -0.1) is 0 Å². The molecular weight excluding hydrogens is 331 g/mol. The van der Waals surface area contributed by atoms with E-state index >= 15 is 0 Å². The molecule has 0 bridgehead atoms. The molecule has 2 saturated heterocycles. The maximum atomic E-state index is 13.3. The number of likely N-dealkylation sites (tertiary alicyclic amines) is 2. The van der Waals surface area contributed by atoms with Crippen LogP contribution in [0, 0.1) is 11.7 Å². The van der Waals surface area contributed by atoms with Crippen LogP contribution in [-0.4, -0.2) is 47.8 Å². The first-order chi connectivity index (χ1) is 12.6. The zero-order chi connectivity index (χ0) is 18.4. The average molecular weight is 360 g/mol. The largest absolute Gasteiger partial charge is 0.343 e. The summed E-state index contributed by atoms with van der Waals surface area (Å²) in [6.45, 7) is 3.22. The van der Waals surface area contributed by atoms with Crippen molar-refractivity contribution >= 4 is 11.8 Å². The maximum Gasteiger partial charge on any atom is 0.222 e. The molecule has 2 heterocycles. The van der Waals surface area contributed by atoms with Crippen molar-refractivity contribution < 1.29 is 14.0 Å². The van der Waals surface area contributed by atoms with E-state index in [1.807, 2.05) is 15.9 Å². The Hall–Kier alpha value is -1.91. The first-order valence-electron chi connectivity index (χ1n) is 9.92. The SMILES string of the molecule is O=C1CCCN1CCCC(=O)N1CCC[C@H](CCc2cccc(F)c2)C1. The number of carbonyl (C=O) groups excluding carboxylic acids is 2. The molecule has 0 saturated carbocycles. The topological polar surface area (TPSA) is 40.6 Å². The van der Waals surface area contributed by atoms with E-state index in [2.05, 4.69) is 0 Å². The molecule has 2 fully saturated rings. The predicted molar refractivity (Wildman–Crippen MR) is 99.1 cm³/mol. The first kappa shape index (κ1) is 18.9. The Morgan fingerprint density at radius 3 is 2.88 bits per heavy atom. The van der Waals surface area contributed by atoms with E-state index in [0.29, 0.717) is 25.3 Å². The van der Waals surface area contributed by atoms with Gasteiger partial charge in [0.2, 0.25) is 11.8 Å². The Morgan fingerprint density at radius 1 is 1.23 bits per heavy atom. The normalized spacial score (nSPS) is 20.7. The fourth-order valence-electron chi connectivity index (χ4n) is 4.11. The smallest absolute Gasteiger partial charge is 0.222 e. The molecule has 5 heteroatoms. The minimum absolute atomic E-state index is 0.181. The highest BCUT2D eigenvalue weighted by Crippen LogP contribution is 2.22. The van der Waals surface area contributed by atoms with Crippen molar-refractivity contribution in [3.05, 3.63) is 35.6 Å². The van der Waals surface area contributed by atoms with Gasteiger partial charge in [0.1, 0.15) is 5.82 Å². The fraction of sp³-hybridized carbons (Fsp3) is 0.619. The van der Waals surface area contributed by atoms with E-state index in [9.17, 15) is 14.0 Å². The van der Waals surface area contributed by atoms with Crippen LogP contribution in [-0.2, 0) is 16.0 Å². The van der Waals surface area contributed by atoms with E-state index < -0.39 is 0 Å². The van der Waals surface area contributed by atoms with Gasteiger partial charge < -0.3 is 9.80 Å². The summed E-state index contributed by atoms with van der Waals surface area (Å²) >= 11 is 0. The molecule has 26 heavy (non-hydrogen) atoms. The summed E-state index contributed by atoms with van der Waals surface area (Å²) < 4.78 is 13.3. The van der Waals surface area contributed by atoms with Crippen molar-refractivity contribution in [2.24, 2.45) is 5.92 Å². The lowest BCUT2D eigenvalue weighted by Crippen LogP contribution is -2.40. The molecule has 0 N–H and O–H groups in total. The van der Waals surface area contributed by atoms with Gasteiger partial charge in [0, 0.05) is 39.0 Å². The van der Waals surface area contributed by atoms with Gasteiger partial charge in [-0.3, -0.25) is 9.59 Å². The second-order valence-electron chi connectivity index (χ2n) is 7.60. The van der Waals surface area contributed by atoms with Crippen LogP contribution in [0.4, 0.5) is 4.39 Å². The van der Waals surface area contributed by atoms with Crippen LogP contribution in [0.2, 0.25) is 0 Å². The number of hydrogen-bond acceptors (Lipinski definition) is 2. The zero-order valence-electron chi connectivity index (χ0n) is 15.5. The van der Waals surface area contributed by atoms with Crippen molar-refractivity contribution in [3.63, 3.8) is 0 Å². The number of benzene rings is 1. The van der Waals surface area contributed by atoms with Gasteiger partial charge >= 0.3 is 0 Å². The Kier molecular flexibility index (Phi) is 6.64. The fourth-order valence-corrected chi connectivity index (χ4v) is 4.11. The summed E-state index contributed by atoms with van der Waals surface area (Å²) in [5.74, 6) is 0.760. The van der Waals surface area contributed by atoms with E-state index in [-0.39, 0.29) is 17.6 Å². The highest BCUT2D eigenvalue weighted by Gasteiger charge is 2.24. The third kappa shape index (κ3) is 5.29. The van der Waals surface area contributed by atoms with Crippen LogP contribution in [0.3, 0.4) is 0 Å². The Balaban J connectivity index is 1.39. The quantitative estimate of drug-likeness (QED) is 0.748. The number of rotatable bonds is 7. The molecule has 0 aromatic heterocycles. The van der Waals surface area contributed by atoms with Crippen molar-refractivity contribution in [2.75, 3.05) is 26.2 Å². The summed E-state index contributed by atoms with van der Waals surface area (Å²) in [5.41, 5.74) is 1.03. The van der Waals surface area contributed by atoms with Gasteiger partial charge in [0.25, 0.3) is 0 Å². The van der Waals surface area contributed by atoms with Crippen molar-refractivity contribution in [1.29, 1.82) is 0 Å². The summed E-state index contributed by atoms with van der Waals surface area (Å²) in [6.07, 6.45) is 6.94. The molecule has 2 amide bonds. The molecule has 1 atom stereocenters. The minimum atomic E-state index is -0.181. The number of aryl methyl sites for hydroxylation is 1. The third-order valence-electron chi connectivity index (χ3n) is 5.59. The number of halogens is 1. The average Bonchev–Trinajstić information content (AvgIpc) is 3.05. The van der Waals surface area contributed by atoms with Crippen LogP contribution >= 0.6 is 0 Å².